The number of likely N-dealkylation sites (N-methyl/N-ethyl adjacent to an activating group) is 1. The second-order valence-corrected chi connectivity index (χ2v) is 5.94. The van der Waals surface area contributed by atoms with E-state index in [2.05, 4.69) is 23.6 Å². The van der Waals surface area contributed by atoms with Crippen LogP contribution in [0.25, 0.3) is 0 Å². The Hall–Kier alpha value is -2.68. The molecule has 9 nitrogen and oxygen atoms in total. The molecule has 1 heterocycles. The number of carbonyl (C=O) groups is 2. The molecule has 1 unspecified atom stereocenters. The minimum atomic E-state index is -0.940. The largest absolute Gasteiger partial charge is 0.492 e. The number of imide groups is 1. The van der Waals surface area contributed by atoms with E-state index in [0.717, 1.165) is 24.5 Å². The zero-order chi connectivity index (χ0) is 19.3. The molecule has 2 amide bonds. The maximum absolute atomic E-state index is 12.5. The lowest BCUT2D eigenvalue weighted by molar-refractivity contribution is -0.767. The molecule has 0 spiro atoms. The summed E-state index contributed by atoms with van der Waals surface area (Å²) in [6, 6.07) is 4.73. The summed E-state index contributed by atoms with van der Waals surface area (Å²) < 4.78 is 5.68. The second kappa shape index (κ2) is 8.61. The fourth-order valence-electron chi connectivity index (χ4n) is 2.80. The van der Waals surface area contributed by atoms with Gasteiger partial charge in [-0.2, -0.15) is 0 Å². The Morgan fingerprint density at radius 3 is 2.46 bits per heavy atom. The lowest BCUT2D eigenvalue weighted by Crippen LogP contribution is -2.37. The van der Waals surface area contributed by atoms with Gasteiger partial charge in [0.15, 0.2) is 0 Å². The molecule has 1 aromatic rings. The van der Waals surface area contributed by atoms with Gasteiger partial charge in [0.2, 0.25) is 0 Å². The standard InChI is InChI=1S/C17H23N3O6/c1-4-18(5-2)8-9-25-13-6-7-14-15(10-13)17(22)19(16(14)21)11-12(3)26-20(23)24/h6-7,10,12H,4-5,8-9,11H2,1-3H3. The van der Waals surface area contributed by atoms with Gasteiger partial charge in [0.25, 0.3) is 16.9 Å². The summed E-state index contributed by atoms with van der Waals surface area (Å²) in [5, 5.41) is 9.44. The zero-order valence-electron chi connectivity index (χ0n) is 15.1. The fourth-order valence-corrected chi connectivity index (χ4v) is 2.80. The zero-order valence-corrected chi connectivity index (χ0v) is 15.1. The molecule has 0 N–H and O–H groups in total. The third-order valence-corrected chi connectivity index (χ3v) is 4.22. The van der Waals surface area contributed by atoms with Crippen molar-refractivity contribution in [2.45, 2.75) is 26.9 Å². The maximum Gasteiger partial charge on any atom is 0.294 e. The van der Waals surface area contributed by atoms with Crippen molar-refractivity contribution in [3.63, 3.8) is 0 Å². The molecule has 0 aromatic heterocycles. The number of amides is 2. The maximum atomic E-state index is 12.5. The predicted octanol–water partition coefficient (Wildman–Crippen LogP) is 1.60. The van der Waals surface area contributed by atoms with Crippen LogP contribution < -0.4 is 4.74 Å². The van der Waals surface area contributed by atoms with E-state index in [1.54, 1.807) is 12.1 Å². The van der Waals surface area contributed by atoms with Crippen LogP contribution in [-0.2, 0) is 4.84 Å². The Balaban J connectivity index is 2.03. The molecule has 1 aliphatic rings. The lowest BCUT2D eigenvalue weighted by atomic mass is 10.1. The summed E-state index contributed by atoms with van der Waals surface area (Å²) >= 11 is 0. The molecule has 142 valence electrons. The van der Waals surface area contributed by atoms with Gasteiger partial charge >= 0.3 is 0 Å². The third kappa shape index (κ3) is 4.48. The van der Waals surface area contributed by atoms with Crippen LogP contribution in [0.1, 0.15) is 41.5 Å². The Kier molecular flexibility index (Phi) is 6.51. The van der Waals surface area contributed by atoms with E-state index in [-0.39, 0.29) is 17.7 Å². The van der Waals surface area contributed by atoms with E-state index in [1.807, 2.05) is 0 Å². The molecule has 9 heteroatoms. The van der Waals surface area contributed by atoms with Gasteiger partial charge in [0.1, 0.15) is 18.5 Å². The number of fused-ring (bicyclic) bond motifs is 1. The number of hydrogen-bond acceptors (Lipinski definition) is 7. The fraction of sp³-hybridized carbons (Fsp3) is 0.529. The van der Waals surface area contributed by atoms with E-state index in [1.165, 1.54) is 13.0 Å². The normalized spacial score (nSPS) is 14.5. The van der Waals surface area contributed by atoms with Crippen molar-refractivity contribution in [2.75, 3.05) is 32.8 Å². The van der Waals surface area contributed by atoms with Gasteiger partial charge < -0.3 is 14.5 Å². The molecular formula is C17H23N3O6. The van der Waals surface area contributed by atoms with Gasteiger partial charge in [0.05, 0.1) is 17.7 Å². The highest BCUT2D eigenvalue weighted by atomic mass is 17.0. The molecule has 2 rings (SSSR count). The summed E-state index contributed by atoms with van der Waals surface area (Å²) in [6.45, 7) is 8.47. The quantitative estimate of drug-likeness (QED) is 0.352. The van der Waals surface area contributed by atoms with Crippen molar-refractivity contribution >= 4 is 11.8 Å². The van der Waals surface area contributed by atoms with Crippen LogP contribution in [0, 0.1) is 10.1 Å². The number of ether oxygens (including phenoxy) is 1. The third-order valence-electron chi connectivity index (χ3n) is 4.22. The number of benzene rings is 1. The molecule has 0 fully saturated rings. The summed E-state index contributed by atoms with van der Waals surface area (Å²) in [4.78, 5) is 42.7. The van der Waals surface area contributed by atoms with Gasteiger partial charge in [-0.05, 0) is 38.2 Å². The van der Waals surface area contributed by atoms with Crippen molar-refractivity contribution in [3.05, 3.63) is 39.4 Å². The first kappa shape index (κ1) is 19.6. The Morgan fingerprint density at radius 1 is 1.19 bits per heavy atom. The average Bonchev–Trinajstić information content (AvgIpc) is 2.83. The van der Waals surface area contributed by atoms with E-state index in [4.69, 9.17) is 4.74 Å². The van der Waals surface area contributed by atoms with Gasteiger partial charge in [-0.1, -0.05) is 13.8 Å². The Morgan fingerprint density at radius 2 is 1.85 bits per heavy atom. The molecule has 1 aromatic carbocycles. The van der Waals surface area contributed by atoms with Gasteiger partial charge in [-0.15, -0.1) is 10.1 Å². The minimum absolute atomic E-state index is 0.189. The second-order valence-electron chi connectivity index (χ2n) is 5.94. The SMILES string of the molecule is CCN(CC)CCOc1ccc2c(c1)C(=O)N(CC(C)O[N+](=O)[O-])C2=O. The molecule has 1 atom stereocenters. The molecule has 0 aliphatic carbocycles. The van der Waals surface area contributed by atoms with E-state index < -0.39 is 23.0 Å². The molecular weight excluding hydrogens is 342 g/mol. The van der Waals surface area contributed by atoms with Gasteiger partial charge in [-0.25, -0.2) is 0 Å². The summed E-state index contributed by atoms with van der Waals surface area (Å²) in [5.41, 5.74) is 0.503. The van der Waals surface area contributed by atoms with Crippen LogP contribution in [0.2, 0.25) is 0 Å². The van der Waals surface area contributed by atoms with Crippen molar-refractivity contribution in [2.24, 2.45) is 0 Å². The first-order valence-corrected chi connectivity index (χ1v) is 8.53. The van der Waals surface area contributed by atoms with Crippen molar-refractivity contribution in [3.8, 4) is 5.75 Å². The molecule has 0 saturated heterocycles. The molecule has 1 aliphatic heterocycles. The van der Waals surface area contributed by atoms with E-state index in [9.17, 15) is 19.7 Å². The van der Waals surface area contributed by atoms with Crippen LogP contribution in [0.5, 0.6) is 5.75 Å². The highest BCUT2D eigenvalue weighted by Gasteiger charge is 2.37. The van der Waals surface area contributed by atoms with Crippen molar-refractivity contribution in [1.82, 2.24) is 9.80 Å². The highest BCUT2D eigenvalue weighted by molar-refractivity contribution is 6.21. The molecule has 26 heavy (non-hydrogen) atoms. The van der Waals surface area contributed by atoms with Crippen LogP contribution >= 0.6 is 0 Å². The van der Waals surface area contributed by atoms with E-state index in [0.29, 0.717) is 12.4 Å². The summed E-state index contributed by atoms with van der Waals surface area (Å²) in [7, 11) is 0. The molecule has 0 bridgehead atoms. The van der Waals surface area contributed by atoms with Gasteiger partial charge in [0, 0.05) is 6.54 Å². The van der Waals surface area contributed by atoms with Crippen LogP contribution in [-0.4, -0.2) is 65.6 Å². The number of rotatable bonds is 10. The van der Waals surface area contributed by atoms with Crippen LogP contribution in [0.3, 0.4) is 0 Å². The van der Waals surface area contributed by atoms with Gasteiger partial charge in [-0.3, -0.25) is 14.5 Å². The Bertz CT molecular complexity index is 689. The highest BCUT2D eigenvalue weighted by Crippen LogP contribution is 2.27. The monoisotopic (exact) mass is 365 g/mol. The summed E-state index contributed by atoms with van der Waals surface area (Å²) in [6.07, 6.45) is -0.906. The average molecular weight is 365 g/mol. The van der Waals surface area contributed by atoms with E-state index >= 15 is 0 Å². The number of nitrogens with zero attached hydrogens (tertiary/aromatic N) is 3. The lowest BCUT2D eigenvalue weighted by Gasteiger charge is -2.18. The first-order chi connectivity index (χ1) is 12.4. The minimum Gasteiger partial charge on any atom is -0.492 e. The van der Waals surface area contributed by atoms with Crippen molar-refractivity contribution < 1.29 is 24.3 Å². The van der Waals surface area contributed by atoms with Crippen LogP contribution in [0.15, 0.2) is 18.2 Å². The smallest absolute Gasteiger partial charge is 0.294 e. The van der Waals surface area contributed by atoms with Crippen LogP contribution in [0.4, 0.5) is 0 Å². The number of carbonyl (C=O) groups excluding carboxylic acids is 2. The summed E-state index contributed by atoms with van der Waals surface area (Å²) in [5.74, 6) is -0.482. The number of hydrogen-bond donors (Lipinski definition) is 0. The first-order valence-electron chi connectivity index (χ1n) is 8.53. The predicted molar refractivity (Wildman–Crippen MR) is 92.6 cm³/mol. The molecule has 0 saturated carbocycles. The molecule has 0 radical (unpaired) electrons. The van der Waals surface area contributed by atoms with Crippen molar-refractivity contribution in [1.29, 1.82) is 0 Å². The topological polar surface area (TPSA) is 102 Å². The Labute approximate surface area is 151 Å².